The van der Waals surface area contributed by atoms with Crippen molar-refractivity contribution in [3.8, 4) is 11.5 Å². The molecule has 0 amide bonds. The third-order valence-electron chi connectivity index (χ3n) is 3.18. The molecule has 0 N–H and O–H groups in total. The molecular weight excluding hydrogens is 539 g/mol. The first kappa shape index (κ1) is 23.1. The van der Waals surface area contributed by atoms with Crippen LogP contribution in [0.25, 0.3) is 0 Å². The van der Waals surface area contributed by atoms with Crippen LogP contribution in [0.1, 0.15) is 41.5 Å². The number of benzene rings is 2. The molecule has 0 unspecified atom stereocenters. The van der Waals surface area contributed by atoms with Gasteiger partial charge in [-0.1, -0.05) is 0 Å². The number of ether oxygens (including phenoxy) is 4. The molecule has 0 atom stereocenters. The minimum atomic E-state index is -1.28. The maximum absolute atomic E-state index is 11.7. The van der Waals surface area contributed by atoms with Crippen molar-refractivity contribution in [3.05, 3.63) is 48.5 Å². The van der Waals surface area contributed by atoms with Gasteiger partial charge in [-0.2, -0.15) is 0 Å². The van der Waals surface area contributed by atoms with Crippen LogP contribution in [0.5, 0.6) is 11.5 Å². The summed E-state index contributed by atoms with van der Waals surface area (Å²) < 4.78 is 23.1. The van der Waals surface area contributed by atoms with Crippen LogP contribution in [-0.2, 0) is 32.4 Å². The molecule has 0 heterocycles. The van der Waals surface area contributed by atoms with Crippen molar-refractivity contribution in [1.82, 2.24) is 0 Å². The van der Waals surface area contributed by atoms with Crippen molar-refractivity contribution >= 4 is 19.0 Å². The van der Waals surface area contributed by atoms with Crippen molar-refractivity contribution in [1.29, 1.82) is 0 Å². The van der Waals surface area contributed by atoms with Gasteiger partial charge in [-0.05, 0) is 0 Å². The number of carbonyl (C=O) groups is 2. The molecule has 0 aliphatic heterocycles. The van der Waals surface area contributed by atoms with Crippen molar-refractivity contribution in [3.63, 3.8) is 0 Å². The number of carbonyl (C=O) groups excluding carboxylic acids is 2. The molecule has 0 saturated carbocycles. The van der Waals surface area contributed by atoms with E-state index in [0.717, 1.165) is 0 Å². The van der Waals surface area contributed by atoms with Crippen LogP contribution in [0.2, 0.25) is 0 Å². The Bertz CT molecular complexity index is 758. The van der Waals surface area contributed by atoms with Gasteiger partial charge in [0, 0.05) is 0 Å². The van der Waals surface area contributed by atoms with Crippen molar-refractivity contribution < 1.29 is 51.4 Å². The Labute approximate surface area is 182 Å². The summed E-state index contributed by atoms with van der Waals surface area (Å²) in [5.74, 6) is 0.903. The quantitative estimate of drug-likeness (QED) is 0.312. The van der Waals surface area contributed by atoms with Crippen molar-refractivity contribution in [2.75, 3.05) is 0 Å². The zero-order valence-corrected chi connectivity index (χ0v) is 21.2. The summed E-state index contributed by atoms with van der Waals surface area (Å²) in [7, 11) is 0. The van der Waals surface area contributed by atoms with Gasteiger partial charge in [0.05, 0.1) is 0 Å². The summed E-state index contributed by atoms with van der Waals surface area (Å²) in [5.41, 5.74) is -1.18. The van der Waals surface area contributed by atoms with Crippen molar-refractivity contribution in [2.24, 2.45) is 0 Å². The second kappa shape index (κ2) is 9.57. The molecule has 2 rings (SSSR count). The summed E-state index contributed by atoms with van der Waals surface area (Å²) in [6, 6.07) is 14.9. The Morgan fingerprint density at radius 2 is 0.931 bits per heavy atom. The molecule has 29 heavy (non-hydrogen) atoms. The topological polar surface area (TPSA) is 71.1 Å². The average Bonchev–Trinajstić information content (AvgIpc) is 2.55. The molecule has 0 bridgehead atoms. The first-order valence-corrected chi connectivity index (χ1v) is 12.8. The Morgan fingerprint density at radius 1 is 0.621 bits per heavy atom. The second-order valence-corrected chi connectivity index (χ2v) is 13.4. The van der Waals surface area contributed by atoms with Crippen LogP contribution in [0, 0.1) is 0 Å². The van der Waals surface area contributed by atoms with Gasteiger partial charge < -0.3 is 0 Å². The summed E-state index contributed by atoms with van der Waals surface area (Å²) >= 11 is -1.28. The van der Waals surface area contributed by atoms with E-state index >= 15 is 0 Å². The Kier molecular flexibility index (Phi) is 7.63. The molecule has 2 aromatic carbocycles. The van der Waals surface area contributed by atoms with Gasteiger partial charge in [-0.25, -0.2) is 0 Å². The molecular formula is C22H26HfO6+2. The van der Waals surface area contributed by atoms with Gasteiger partial charge >= 0.3 is 183 Å². The van der Waals surface area contributed by atoms with Crippen LogP contribution in [-0.4, -0.2) is 23.5 Å². The molecule has 0 fully saturated rings. The zero-order chi connectivity index (χ0) is 21.7. The van der Waals surface area contributed by atoms with Gasteiger partial charge in [-0.15, -0.1) is 0 Å². The predicted octanol–water partition coefficient (Wildman–Crippen LogP) is 4.35. The van der Waals surface area contributed by atoms with E-state index in [1.54, 1.807) is 65.8 Å². The summed E-state index contributed by atoms with van der Waals surface area (Å²) in [6.45, 7) is 10.7. The molecule has 152 valence electrons. The third-order valence-corrected chi connectivity index (χ3v) is 7.65. The van der Waals surface area contributed by atoms with Crippen molar-refractivity contribution in [2.45, 2.75) is 52.7 Å². The van der Waals surface area contributed by atoms with Gasteiger partial charge in [0.2, 0.25) is 0 Å². The van der Waals surface area contributed by atoms with E-state index in [0.29, 0.717) is 11.5 Å². The van der Waals surface area contributed by atoms with E-state index in [1.165, 1.54) is 6.64 Å². The van der Waals surface area contributed by atoms with Gasteiger partial charge in [-0.3, -0.25) is 0 Å². The standard InChI is InChI=1S/2C11H13O3.Hf/c2*1-11(2,3)14-10(12)13-9-7-5-4-6-8-9;/h2*5-8H,1-3H3;/q;;+2. The third kappa shape index (κ3) is 9.26. The molecule has 0 aromatic heterocycles. The first-order valence-electron chi connectivity index (χ1n) is 9.18. The fourth-order valence-electron chi connectivity index (χ4n) is 2.11. The van der Waals surface area contributed by atoms with Gasteiger partial charge in [0.15, 0.2) is 0 Å². The Morgan fingerprint density at radius 3 is 1.21 bits per heavy atom. The number of hydrogen-bond donors (Lipinski definition) is 0. The van der Waals surface area contributed by atoms with Crippen LogP contribution in [0.4, 0.5) is 9.59 Å². The van der Waals surface area contributed by atoms with Crippen LogP contribution in [0.15, 0.2) is 48.5 Å². The average molecular weight is 565 g/mol. The number of rotatable bonds is 4. The fraction of sp³-hybridized carbons (Fsp3) is 0.364. The Balaban J connectivity index is 1.90. The number of hydrogen-bond acceptors (Lipinski definition) is 6. The predicted molar refractivity (Wildman–Crippen MR) is 106 cm³/mol. The molecule has 2 aromatic rings. The van der Waals surface area contributed by atoms with Crippen LogP contribution < -0.4 is 16.1 Å². The summed E-state index contributed by atoms with van der Waals surface area (Å²) in [4.78, 5) is 23.4. The first-order chi connectivity index (χ1) is 13.4. The van der Waals surface area contributed by atoms with Crippen LogP contribution >= 0.6 is 0 Å². The van der Waals surface area contributed by atoms with Crippen LogP contribution in [0.3, 0.4) is 0 Å². The zero-order valence-electron chi connectivity index (χ0n) is 17.6. The van der Waals surface area contributed by atoms with E-state index in [4.69, 9.17) is 18.9 Å². The molecule has 0 saturated heterocycles. The van der Waals surface area contributed by atoms with E-state index < -0.39 is 46.4 Å². The molecule has 0 spiro atoms. The van der Waals surface area contributed by atoms with E-state index in [9.17, 15) is 9.59 Å². The molecule has 0 radical (unpaired) electrons. The minimum absolute atomic E-state index is 0.452. The SMILES string of the molecule is CC(C)(C)OC(=O)Oc1cc[c]([Hf+2][c]2ccc(OC(=O)OC(C)(C)C)cc2)cc1. The Hall–Kier alpha value is -2.15. The van der Waals surface area contributed by atoms with E-state index in [2.05, 4.69) is 0 Å². The monoisotopic (exact) mass is 566 g/mol. The fourth-order valence-corrected chi connectivity index (χ4v) is 5.71. The summed E-state index contributed by atoms with van der Waals surface area (Å²) in [5, 5.41) is 0. The van der Waals surface area contributed by atoms with Gasteiger partial charge in [0.1, 0.15) is 0 Å². The van der Waals surface area contributed by atoms with E-state index in [1.807, 2.05) is 24.3 Å². The molecule has 0 aliphatic rings. The molecule has 7 heteroatoms. The molecule has 6 nitrogen and oxygen atoms in total. The normalized spacial score (nSPS) is 11.2. The molecule has 0 aliphatic carbocycles. The van der Waals surface area contributed by atoms with E-state index in [-0.39, 0.29) is 0 Å². The second-order valence-electron chi connectivity index (χ2n) is 8.31. The maximum atomic E-state index is 11.7. The summed E-state index contributed by atoms with van der Waals surface area (Å²) in [6.07, 6.45) is -1.43. The van der Waals surface area contributed by atoms with Gasteiger partial charge in [0.25, 0.3) is 0 Å².